The molecule has 1 nitrogen and oxygen atoms in total. The first kappa shape index (κ1) is 16.0. The van der Waals surface area contributed by atoms with E-state index in [1.807, 2.05) is 6.92 Å². The van der Waals surface area contributed by atoms with Crippen molar-refractivity contribution in [3.8, 4) is 0 Å². The van der Waals surface area contributed by atoms with Gasteiger partial charge in [-0.1, -0.05) is 0 Å². The van der Waals surface area contributed by atoms with Crippen LogP contribution in [0.25, 0.3) is 0 Å². The predicted molar refractivity (Wildman–Crippen MR) is 74.9 cm³/mol. The van der Waals surface area contributed by atoms with E-state index < -0.39 is 16.2 Å². The summed E-state index contributed by atoms with van der Waals surface area (Å²) in [7, 11) is 0. The van der Waals surface area contributed by atoms with Crippen LogP contribution in [-0.2, 0) is 0 Å². The molecule has 0 aliphatic rings. The van der Waals surface area contributed by atoms with E-state index in [0.29, 0.717) is 0 Å². The van der Waals surface area contributed by atoms with Crippen molar-refractivity contribution in [3.63, 3.8) is 0 Å². The molecular weight excluding hydrogens is 359 g/mol. The summed E-state index contributed by atoms with van der Waals surface area (Å²) in [5.41, 5.74) is 0. The standard InChI is InChI=1S/C4H7O.2C4H9.BrH.Sn/c1-3-4(2)5;2*1-3-4-2;;/h4-5H,1H2,2H3;2*1,3-4H2,2H3;1H;/q;;;;+1/p-1. The number of hydrogen-bond donors (Lipinski definition) is 1. The molecule has 0 aliphatic heterocycles. The molecule has 0 fully saturated rings. The molecule has 0 bridgehead atoms. The molecule has 0 aliphatic carbocycles. The van der Waals surface area contributed by atoms with Gasteiger partial charge in [0, 0.05) is 0 Å². The van der Waals surface area contributed by atoms with Crippen molar-refractivity contribution in [3.05, 3.63) is 10.2 Å². The SMILES string of the molecule is C=[C](C(C)O)[Sn]([Br])([CH2]CCC)[CH2]CCC. The summed E-state index contributed by atoms with van der Waals surface area (Å²) in [6.07, 6.45) is 4.70. The molecule has 0 spiro atoms. The number of aliphatic hydroxyl groups excluding tert-OH is 1. The Hall–Kier alpha value is 0.979. The molecule has 0 aromatic heterocycles. The third-order valence-electron chi connectivity index (χ3n) is 2.93. The summed E-state index contributed by atoms with van der Waals surface area (Å²) in [6, 6.07) is 0. The Kier molecular flexibility index (Phi) is 8.66. The van der Waals surface area contributed by atoms with Gasteiger partial charge >= 0.3 is 106 Å². The van der Waals surface area contributed by atoms with Gasteiger partial charge in [-0.2, -0.15) is 0 Å². The van der Waals surface area contributed by atoms with Gasteiger partial charge in [-0.3, -0.25) is 0 Å². The molecule has 0 aromatic rings. The van der Waals surface area contributed by atoms with E-state index in [1.165, 1.54) is 34.6 Å². The van der Waals surface area contributed by atoms with Gasteiger partial charge in [0.15, 0.2) is 0 Å². The molecule has 0 heterocycles. The van der Waals surface area contributed by atoms with Crippen LogP contribution in [0.5, 0.6) is 0 Å². The first-order chi connectivity index (χ1) is 6.98. The normalized spacial score (nSPS) is 13.9. The topological polar surface area (TPSA) is 20.2 Å². The Labute approximate surface area is 105 Å². The van der Waals surface area contributed by atoms with Crippen LogP contribution in [0.3, 0.4) is 0 Å². The van der Waals surface area contributed by atoms with Gasteiger partial charge in [0.2, 0.25) is 0 Å². The Morgan fingerprint density at radius 2 is 1.67 bits per heavy atom. The van der Waals surface area contributed by atoms with E-state index >= 15 is 0 Å². The molecule has 1 N–H and O–H groups in total. The Bertz CT molecular complexity index is 184. The molecule has 90 valence electrons. The molecule has 0 aromatic carbocycles. The molecule has 3 heteroatoms. The van der Waals surface area contributed by atoms with Crippen molar-refractivity contribution in [1.82, 2.24) is 0 Å². The maximum atomic E-state index is 9.68. The predicted octanol–water partition coefficient (Wildman–Crippen LogP) is 4.40. The Balaban J connectivity index is 4.45. The van der Waals surface area contributed by atoms with E-state index in [1.54, 1.807) is 0 Å². The first-order valence-corrected chi connectivity index (χ1v) is 17.9. The van der Waals surface area contributed by atoms with Crippen LogP contribution in [-0.4, -0.2) is 27.4 Å². The number of halogens is 1. The molecule has 1 unspecified atom stereocenters. The third-order valence-corrected chi connectivity index (χ3v) is 22.7. The molecule has 0 radical (unpaired) electrons. The summed E-state index contributed by atoms with van der Waals surface area (Å²) in [5.74, 6) is 0. The molecule has 0 rings (SSSR count). The number of rotatable bonds is 8. The van der Waals surface area contributed by atoms with Crippen LogP contribution in [0.2, 0.25) is 8.87 Å². The van der Waals surface area contributed by atoms with Gasteiger partial charge in [-0.25, -0.2) is 0 Å². The zero-order valence-corrected chi connectivity index (χ0v) is 14.8. The fourth-order valence-corrected chi connectivity index (χ4v) is 17.6. The van der Waals surface area contributed by atoms with E-state index in [2.05, 4.69) is 33.1 Å². The number of unbranched alkanes of at least 4 members (excludes halogenated alkanes) is 2. The van der Waals surface area contributed by atoms with Crippen LogP contribution < -0.4 is 0 Å². The molecule has 0 amide bonds. The minimum absolute atomic E-state index is 0.325. The first-order valence-electron chi connectivity index (χ1n) is 6.04. The van der Waals surface area contributed by atoms with Crippen LogP contribution in [0, 0.1) is 0 Å². The average Bonchev–Trinajstić information content (AvgIpc) is 2.22. The van der Waals surface area contributed by atoms with Crippen molar-refractivity contribution < 1.29 is 5.11 Å². The fourth-order valence-electron chi connectivity index (χ4n) is 1.73. The van der Waals surface area contributed by atoms with Gasteiger partial charge in [0.1, 0.15) is 0 Å². The number of aliphatic hydroxyl groups is 1. The van der Waals surface area contributed by atoms with Gasteiger partial charge in [0.25, 0.3) is 0 Å². The molecule has 1 atom stereocenters. The zero-order chi connectivity index (χ0) is 11.9. The van der Waals surface area contributed by atoms with Crippen molar-refractivity contribution in [2.75, 3.05) is 0 Å². The fraction of sp³-hybridized carbons (Fsp3) is 0.833. The van der Waals surface area contributed by atoms with Gasteiger partial charge in [-0.05, 0) is 0 Å². The van der Waals surface area contributed by atoms with Crippen molar-refractivity contribution in [1.29, 1.82) is 0 Å². The van der Waals surface area contributed by atoms with Crippen LogP contribution >= 0.6 is 12.7 Å². The molecule has 0 saturated heterocycles. The van der Waals surface area contributed by atoms with Gasteiger partial charge in [-0.15, -0.1) is 0 Å². The zero-order valence-electron chi connectivity index (χ0n) is 10.4. The summed E-state index contributed by atoms with van der Waals surface area (Å²) in [6.45, 7) is 10.4. The average molecular weight is 384 g/mol. The van der Waals surface area contributed by atoms with Gasteiger partial charge in [0.05, 0.1) is 0 Å². The summed E-state index contributed by atoms with van der Waals surface area (Å²) >= 11 is 1.63. The number of hydrogen-bond acceptors (Lipinski definition) is 1. The van der Waals surface area contributed by atoms with Crippen LogP contribution in [0.15, 0.2) is 10.2 Å². The second-order valence-corrected chi connectivity index (χ2v) is 24.8. The maximum absolute atomic E-state index is 9.68. The molecule has 15 heavy (non-hydrogen) atoms. The molecular formula is C12H25BrOSn. The Morgan fingerprint density at radius 3 is 1.93 bits per heavy atom. The van der Waals surface area contributed by atoms with Crippen molar-refractivity contribution >= 4 is 28.9 Å². The van der Waals surface area contributed by atoms with E-state index in [9.17, 15) is 5.11 Å². The third kappa shape index (κ3) is 5.73. The molecule has 0 saturated carbocycles. The second-order valence-electron chi connectivity index (χ2n) is 4.37. The van der Waals surface area contributed by atoms with Crippen molar-refractivity contribution in [2.45, 2.75) is 61.4 Å². The van der Waals surface area contributed by atoms with E-state index in [4.69, 9.17) is 0 Å². The van der Waals surface area contributed by atoms with Crippen LogP contribution in [0.1, 0.15) is 46.5 Å². The second kappa shape index (κ2) is 8.13. The monoisotopic (exact) mass is 384 g/mol. The Morgan fingerprint density at radius 1 is 1.27 bits per heavy atom. The summed E-state index contributed by atoms with van der Waals surface area (Å²) < 4.78 is 3.72. The van der Waals surface area contributed by atoms with Crippen LogP contribution in [0.4, 0.5) is 0 Å². The van der Waals surface area contributed by atoms with E-state index in [-0.39, 0.29) is 6.10 Å². The quantitative estimate of drug-likeness (QED) is 0.616. The summed E-state index contributed by atoms with van der Waals surface area (Å²) in [5, 5.41) is 9.68. The summed E-state index contributed by atoms with van der Waals surface area (Å²) in [4.78, 5) is 0. The minimum atomic E-state index is -2.38. The van der Waals surface area contributed by atoms with Crippen molar-refractivity contribution in [2.24, 2.45) is 0 Å². The van der Waals surface area contributed by atoms with Gasteiger partial charge < -0.3 is 0 Å². The van der Waals surface area contributed by atoms with E-state index in [0.717, 1.165) is 3.59 Å².